The summed E-state index contributed by atoms with van der Waals surface area (Å²) in [7, 11) is 0. The molecule has 6 nitrogen and oxygen atoms in total. The zero-order valence-electron chi connectivity index (χ0n) is 11.5. The van der Waals surface area contributed by atoms with Crippen molar-refractivity contribution in [3.8, 4) is 0 Å². The molecule has 1 atom stereocenters. The Balaban J connectivity index is 2.34. The van der Waals surface area contributed by atoms with Gasteiger partial charge in [-0.05, 0) is 27.7 Å². The van der Waals surface area contributed by atoms with Crippen molar-refractivity contribution in [2.24, 2.45) is 0 Å². The number of amides is 2. The Morgan fingerprint density at radius 1 is 1.47 bits per heavy atom. The van der Waals surface area contributed by atoms with Crippen LogP contribution in [-0.4, -0.2) is 28.6 Å². The Hall–Kier alpha value is -1.63. The molecule has 1 heterocycles. The van der Waals surface area contributed by atoms with Gasteiger partial charge in [0, 0.05) is 11.6 Å². The van der Waals surface area contributed by atoms with E-state index in [4.69, 9.17) is 4.74 Å². The summed E-state index contributed by atoms with van der Waals surface area (Å²) in [5.74, 6) is -0.277. The summed E-state index contributed by atoms with van der Waals surface area (Å²) < 4.78 is 5.07. The fraction of sp³-hybridized carbons (Fsp3) is 0.583. The fourth-order valence-corrected chi connectivity index (χ4v) is 1.76. The number of alkyl carbamates (subject to hydrolysis) is 1. The van der Waals surface area contributed by atoms with E-state index < -0.39 is 17.7 Å². The van der Waals surface area contributed by atoms with Crippen LogP contribution in [0.25, 0.3) is 0 Å². The van der Waals surface area contributed by atoms with E-state index in [-0.39, 0.29) is 5.91 Å². The summed E-state index contributed by atoms with van der Waals surface area (Å²) in [5, 5.41) is 7.82. The number of carbonyl (C=O) groups excluding carboxylic acids is 2. The third-order valence-electron chi connectivity index (χ3n) is 2.02. The van der Waals surface area contributed by atoms with Gasteiger partial charge in [0.2, 0.25) is 5.91 Å². The molecule has 0 saturated heterocycles. The maximum absolute atomic E-state index is 11.7. The van der Waals surface area contributed by atoms with Crippen LogP contribution < -0.4 is 10.6 Å². The molecular formula is C12H19N3O3S. The standard InChI is InChI=1S/C12H19N3O3S/c1-8(15-11(17)18-12(2,3)4)10(16)14-7-9-13-5-6-19-9/h5-6,8H,7H2,1-4H3,(H,14,16)(H,15,17)/t8-/m0/s1. The van der Waals surface area contributed by atoms with Crippen LogP contribution in [0.3, 0.4) is 0 Å². The third kappa shape index (κ3) is 6.19. The van der Waals surface area contributed by atoms with Crippen molar-refractivity contribution < 1.29 is 14.3 Å². The van der Waals surface area contributed by atoms with Crippen LogP contribution in [0.15, 0.2) is 11.6 Å². The molecular weight excluding hydrogens is 266 g/mol. The van der Waals surface area contributed by atoms with Crippen molar-refractivity contribution in [1.29, 1.82) is 0 Å². The first kappa shape index (κ1) is 15.4. The van der Waals surface area contributed by atoms with Crippen molar-refractivity contribution in [3.05, 3.63) is 16.6 Å². The summed E-state index contributed by atoms with van der Waals surface area (Å²) in [6.45, 7) is 7.25. The molecule has 0 aliphatic rings. The first-order valence-electron chi connectivity index (χ1n) is 5.93. The second kappa shape index (κ2) is 6.51. The van der Waals surface area contributed by atoms with Gasteiger partial charge in [-0.3, -0.25) is 4.79 Å². The lowest BCUT2D eigenvalue weighted by molar-refractivity contribution is -0.122. The summed E-state index contributed by atoms with van der Waals surface area (Å²) in [5.41, 5.74) is -0.582. The maximum Gasteiger partial charge on any atom is 0.408 e. The Labute approximate surface area is 116 Å². The van der Waals surface area contributed by atoms with Crippen LogP contribution in [0.4, 0.5) is 4.79 Å². The lowest BCUT2D eigenvalue weighted by Gasteiger charge is -2.21. The minimum Gasteiger partial charge on any atom is -0.444 e. The van der Waals surface area contributed by atoms with Crippen LogP contribution in [0.2, 0.25) is 0 Å². The zero-order valence-corrected chi connectivity index (χ0v) is 12.3. The van der Waals surface area contributed by atoms with Gasteiger partial charge in [-0.15, -0.1) is 11.3 Å². The first-order valence-corrected chi connectivity index (χ1v) is 6.81. The molecule has 0 fully saturated rings. The first-order chi connectivity index (χ1) is 8.78. The molecule has 1 aromatic rings. The highest BCUT2D eigenvalue weighted by Crippen LogP contribution is 2.07. The number of hydrogen-bond donors (Lipinski definition) is 2. The summed E-state index contributed by atoms with van der Waals surface area (Å²) in [6, 6.07) is -0.658. The molecule has 0 aromatic carbocycles. The van der Waals surface area contributed by atoms with Crippen LogP contribution in [0.5, 0.6) is 0 Å². The third-order valence-corrected chi connectivity index (χ3v) is 2.80. The van der Waals surface area contributed by atoms with Crippen molar-refractivity contribution in [2.45, 2.75) is 45.9 Å². The Kier molecular flexibility index (Phi) is 5.29. The summed E-state index contributed by atoms with van der Waals surface area (Å²) in [6.07, 6.45) is 1.07. The number of nitrogens with zero attached hydrogens (tertiary/aromatic N) is 1. The Bertz CT molecular complexity index is 426. The monoisotopic (exact) mass is 285 g/mol. The molecule has 0 unspecified atom stereocenters. The van der Waals surface area contributed by atoms with E-state index in [0.29, 0.717) is 6.54 Å². The van der Waals surface area contributed by atoms with Crippen molar-refractivity contribution >= 4 is 23.3 Å². The molecule has 1 aromatic heterocycles. The highest BCUT2D eigenvalue weighted by atomic mass is 32.1. The minimum atomic E-state index is -0.658. The predicted molar refractivity (Wildman–Crippen MR) is 72.8 cm³/mol. The van der Waals surface area contributed by atoms with Crippen molar-refractivity contribution in [2.75, 3.05) is 0 Å². The minimum absolute atomic E-state index is 0.277. The molecule has 2 amide bonds. The van der Waals surface area contributed by atoms with E-state index >= 15 is 0 Å². The van der Waals surface area contributed by atoms with E-state index in [9.17, 15) is 9.59 Å². The highest BCUT2D eigenvalue weighted by Gasteiger charge is 2.20. The van der Waals surface area contributed by atoms with E-state index in [2.05, 4.69) is 15.6 Å². The van der Waals surface area contributed by atoms with E-state index in [1.807, 2.05) is 5.38 Å². The average molecular weight is 285 g/mol. The normalized spacial score (nSPS) is 12.6. The Morgan fingerprint density at radius 2 is 2.16 bits per heavy atom. The summed E-state index contributed by atoms with van der Waals surface area (Å²) in [4.78, 5) is 27.3. The van der Waals surface area contributed by atoms with Gasteiger partial charge in [0.25, 0.3) is 0 Å². The van der Waals surface area contributed by atoms with E-state index in [0.717, 1.165) is 5.01 Å². The van der Waals surface area contributed by atoms with Gasteiger partial charge in [-0.25, -0.2) is 9.78 Å². The molecule has 1 rings (SSSR count). The molecule has 0 spiro atoms. The number of aromatic nitrogens is 1. The van der Waals surface area contributed by atoms with Crippen LogP contribution in [0, 0.1) is 0 Å². The number of carbonyl (C=O) groups is 2. The van der Waals surface area contributed by atoms with E-state index in [1.165, 1.54) is 11.3 Å². The molecule has 0 aliphatic heterocycles. The van der Waals surface area contributed by atoms with Gasteiger partial charge in [-0.2, -0.15) is 0 Å². The van der Waals surface area contributed by atoms with Gasteiger partial charge < -0.3 is 15.4 Å². The predicted octanol–water partition coefficient (Wildman–Crippen LogP) is 1.67. The molecule has 106 valence electrons. The van der Waals surface area contributed by atoms with Crippen molar-refractivity contribution in [3.63, 3.8) is 0 Å². The van der Waals surface area contributed by atoms with Crippen LogP contribution in [0.1, 0.15) is 32.7 Å². The highest BCUT2D eigenvalue weighted by molar-refractivity contribution is 7.09. The van der Waals surface area contributed by atoms with Crippen molar-refractivity contribution in [1.82, 2.24) is 15.6 Å². The molecule has 19 heavy (non-hydrogen) atoms. The molecule has 7 heteroatoms. The van der Waals surface area contributed by atoms with Crippen LogP contribution >= 0.6 is 11.3 Å². The number of rotatable bonds is 4. The van der Waals surface area contributed by atoms with E-state index in [1.54, 1.807) is 33.9 Å². The lowest BCUT2D eigenvalue weighted by atomic mass is 10.2. The summed E-state index contributed by atoms with van der Waals surface area (Å²) >= 11 is 1.46. The van der Waals surface area contributed by atoms with Crippen LogP contribution in [-0.2, 0) is 16.1 Å². The number of nitrogens with one attached hydrogen (secondary N) is 2. The second-order valence-electron chi connectivity index (χ2n) is 5.01. The molecule has 0 radical (unpaired) electrons. The van der Waals surface area contributed by atoms with Gasteiger partial charge in [0.05, 0.1) is 6.54 Å². The molecule has 0 saturated carbocycles. The van der Waals surface area contributed by atoms with Gasteiger partial charge in [-0.1, -0.05) is 0 Å². The largest absolute Gasteiger partial charge is 0.444 e. The zero-order chi connectivity index (χ0) is 14.5. The topological polar surface area (TPSA) is 80.3 Å². The average Bonchev–Trinajstić information content (AvgIpc) is 2.75. The number of thiazole rings is 1. The van der Waals surface area contributed by atoms with Gasteiger partial charge >= 0.3 is 6.09 Å². The molecule has 2 N–H and O–H groups in total. The SMILES string of the molecule is C[C@H](NC(=O)OC(C)(C)C)C(=O)NCc1nccs1. The Morgan fingerprint density at radius 3 is 2.68 bits per heavy atom. The second-order valence-corrected chi connectivity index (χ2v) is 5.99. The quantitative estimate of drug-likeness (QED) is 0.882. The van der Waals surface area contributed by atoms with Gasteiger partial charge in [0.15, 0.2) is 0 Å². The van der Waals surface area contributed by atoms with Gasteiger partial charge in [0.1, 0.15) is 16.7 Å². The fourth-order valence-electron chi connectivity index (χ4n) is 1.21. The molecule has 0 aliphatic carbocycles. The smallest absolute Gasteiger partial charge is 0.408 e. The lowest BCUT2D eigenvalue weighted by Crippen LogP contribution is -2.46. The maximum atomic E-state index is 11.7. The number of ether oxygens (including phenoxy) is 1. The number of hydrogen-bond acceptors (Lipinski definition) is 5. The molecule has 0 bridgehead atoms.